The Morgan fingerprint density at radius 2 is 1.11 bits per heavy atom. The van der Waals surface area contributed by atoms with Gasteiger partial charge in [-0.25, -0.2) is 4.79 Å². The average Bonchev–Trinajstić information content (AvgIpc) is 2.88. The van der Waals surface area contributed by atoms with Crippen molar-refractivity contribution in [3.05, 3.63) is 36.0 Å². The Balaban J connectivity index is 3.45. The number of ether oxygens (including phenoxy) is 1. The summed E-state index contributed by atoms with van der Waals surface area (Å²) < 4.78 is 5.48. The quantitative estimate of drug-likeness (QED) is 0.0483. The number of hydrogen-bond acceptors (Lipinski definition) is 2. The molecular formula is C34H62O2. The molecule has 0 saturated heterocycles. The minimum absolute atomic E-state index is 0.120. The Bertz CT molecular complexity index is 543. The second-order valence-corrected chi connectivity index (χ2v) is 10.5. The van der Waals surface area contributed by atoms with Crippen LogP contribution in [0.3, 0.4) is 0 Å². The van der Waals surface area contributed by atoms with Gasteiger partial charge in [0, 0.05) is 6.08 Å². The fraction of sp³-hybridized carbons (Fsp3) is 0.794. The normalized spacial score (nSPS) is 12.2. The lowest BCUT2D eigenvalue weighted by molar-refractivity contribution is -0.137. The largest absolute Gasteiger partial charge is 0.463 e. The molecule has 2 nitrogen and oxygen atoms in total. The fourth-order valence-corrected chi connectivity index (χ4v) is 4.57. The third kappa shape index (κ3) is 27.3. The molecule has 0 aromatic rings. The van der Waals surface area contributed by atoms with Crippen LogP contribution < -0.4 is 0 Å². The van der Waals surface area contributed by atoms with Gasteiger partial charge in [-0.05, 0) is 58.3 Å². The third-order valence-electron chi connectivity index (χ3n) is 6.96. The van der Waals surface area contributed by atoms with E-state index in [1.165, 1.54) is 128 Å². The Morgan fingerprint density at radius 1 is 0.583 bits per heavy atom. The van der Waals surface area contributed by atoms with Gasteiger partial charge in [0.05, 0.1) is 6.61 Å². The van der Waals surface area contributed by atoms with E-state index in [4.69, 9.17) is 4.74 Å². The maximum atomic E-state index is 12.1. The van der Waals surface area contributed by atoms with Gasteiger partial charge in [-0.2, -0.15) is 0 Å². The lowest BCUT2D eigenvalue weighted by Gasteiger charge is -2.07. The zero-order valence-corrected chi connectivity index (χ0v) is 24.7. The highest BCUT2D eigenvalue weighted by Crippen LogP contribution is 2.17. The summed E-state index contributed by atoms with van der Waals surface area (Å²) in [5, 5.41) is 0. The third-order valence-corrected chi connectivity index (χ3v) is 6.96. The smallest absolute Gasteiger partial charge is 0.330 e. The van der Waals surface area contributed by atoms with Gasteiger partial charge in [-0.3, -0.25) is 0 Å². The Labute approximate surface area is 226 Å². The van der Waals surface area contributed by atoms with Gasteiger partial charge >= 0.3 is 5.97 Å². The lowest BCUT2D eigenvalue weighted by Crippen LogP contribution is -2.04. The summed E-state index contributed by atoms with van der Waals surface area (Å²) in [5.74, 6) is -0.120. The highest BCUT2D eigenvalue weighted by molar-refractivity contribution is 5.82. The van der Waals surface area contributed by atoms with Crippen LogP contribution >= 0.6 is 0 Å². The highest BCUT2D eigenvalue weighted by atomic mass is 16.5. The molecule has 0 N–H and O–H groups in total. The summed E-state index contributed by atoms with van der Waals surface area (Å²) in [6, 6.07) is 0. The SMILES string of the molecule is CC=CCC=CCCCCCCCCCCCCCCCCOC(=O)/C=C(\CCCC)CCCCC. The van der Waals surface area contributed by atoms with Crippen LogP contribution in [-0.4, -0.2) is 12.6 Å². The van der Waals surface area contributed by atoms with Gasteiger partial charge in [-0.1, -0.05) is 140 Å². The van der Waals surface area contributed by atoms with E-state index < -0.39 is 0 Å². The van der Waals surface area contributed by atoms with Crippen molar-refractivity contribution in [3.8, 4) is 0 Å². The van der Waals surface area contributed by atoms with Crippen molar-refractivity contribution in [2.75, 3.05) is 6.61 Å². The van der Waals surface area contributed by atoms with Gasteiger partial charge < -0.3 is 4.74 Å². The van der Waals surface area contributed by atoms with Gasteiger partial charge in [0.1, 0.15) is 0 Å². The molecule has 0 aromatic heterocycles. The van der Waals surface area contributed by atoms with Crippen LogP contribution in [0.5, 0.6) is 0 Å². The molecule has 0 atom stereocenters. The van der Waals surface area contributed by atoms with Gasteiger partial charge in [0.25, 0.3) is 0 Å². The first kappa shape index (κ1) is 34.7. The van der Waals surface area contributed by atoms with Crippen LogP contribution in [0.2, 0.25) is 0 Å². The van der Waals surface area contributed by atoms with Crippen LogP contribution in [0.1, 0.15) is 168 Å². The van der Waals surface area contributed by atoms with Crippen LogP contribution in [-0.2, 0) is 9.53 Å². The molecule has 0 rings (SSSR count). The first-order chi connectivity index (χ1) is 17.7. The van der Waals surface area contributed by atoms with Crippen LogP contribution in [0.25, 0.3) is 0 Å². The molecule has 0 heterocycles. The molecule has 210 valence electrons. The zero-order valence-electron chi connectivity index (χ0n) is 24.7. The van der Waals surface area contributed by atoms with E-state index in [2.05, 4.69) is 45.1 Å². The van der Waals surface area contributed by atoms with Crippen molar-refractivity contribution in [3.63, 3.8) is 0 Å². The minimum Gasteiger partial charge on any atom is -0.463 e. The van der Waals surface area contributed by atoms with Crippen LogP contribution in [0.15, 0.2) is 36.0 Å². The molecule has 36 heavy (non-hydrogen) atoms. The van der Waals surface area contributed by atoms with E-state index in [9.17, 15) is 4.79 Å². The second-order valence-electron chi connectivity index (χ2n) is 10.5. The first-order valence-electron chi connectivity index (χ1n) is 15.9. The van der Waals surface area contributed by atoms with Gasteiger partial charge in [-0.15, -0.1) is 0 Å². The van der Waals surface area contributed by atoms with Crippen molar-refractivity contribution in [1.82, 2.24) is 0 Å². The second kappa shape index (κ2) is 29.9. The van der Waals surface area contributed by atoms with Crippen LogP contribution in [0, 0.1) is 0 Å². The lowest BCUT2D eigenvalue weighted by atomic mass is 10.0. The van der Waals surface area contributed by atoms with Crippen molar-refractivity contribution < 1.29 is 9.53 Å². The van der Waals surface area contributed by atoms with Gasteiger partial charge in [0.15, 0.2) is 0 Å². The maximum absolute atomic E-state index is 12.1. The Hall–Kier alpha value is -1.31. The summed E-state index contributed by atoms with van der Waals surface area (Å²) in [5.41, 5.74) is 1.29. The van der Waals surface area contributed by atoms with E-state index in [-0.39, 0.29) is 5.97 Å². The molecule has 0 aliphatic rings. The average molecular weight is 503 g/mol. The summed E-state index contributed by atoms with van der Waals surface area (Å²) in [6.07, 6.45) is 40.0. The predicted molar refractivity (Wildman–Crippen MR) is 161 cm³/mol. The molecule has 2 heteroatoms. The molecule has 0 saturated carbocycles. The first-order valence-corrected chi connectivity index (χ1v) is 15.9. The summed E-state index contributed by atoms with van der Waals surface area (Å²) in [6.45, 7) is 7.09. The summed E-state index contributed by atoms with van der Waals surface area (Å²) in [4.78, 5) is 12.1. The standard InChI is InChI=1S/C34H62O2/c1-4-7-10-11-12-13-14-15-16-17-18-19-20-21-22-23-24-25-26-28-31-36-34(35)32-33(29-9-6-3)30-27-8-5-2/h4,7,11-12,32H,5-6,8-10,13-31H2,1-3H3/b7-4?,12-11?,33-32+. The predicted octanol–water partition coefficient (Wildman–Crippen LogP) is 11.6. The van der Waals surface area contributed by atoms with Crippen LogP contribution in [0.4, 0.5) is 0 Å². The van der Waals surface area contributed by atoms with E-state index in [1.54, 1.807) is 6.08 Å². The molecule has 0 bridgehead atoms. The zero-order chi connectivity index (χ0) is 26.4. The molecule has 0 amide bonds. The number of hydrogen-bond donors (Lipinski definition) is 0. The van der Waals surface area contributed by atoms with Crippen molar-refractivity contribution in [2.45, 2.75) is 168 Å². The number of esters is 1. The molecule has 0 spiro atoms. The van der Waals surface area contributed by atoms with E-state index >= 15 is 0 Å². The summed E-state index contributed by atoms with van der Waals surface area (Å²) >= 11 is 0. The minimum atomic E-state index is -0.120. The molecular weight excluding hydrogens is 440 g/mol. The van der Waals surface area contributed by atoms with E-state index in [0.717, 1.165) is 25.7 Å². The molecule has 0 unspecified atom stereocenters. The molecule has 0 aromatic carbocycles. The van der Waals surface area contributed by atoms with Crippen molar-refractivity contribution in [1.29, 1.82) is 0 Å². The highest BCUT2D eigenvalue weighted by Gasteiger charge is 2.04. The number of rotatable bonds is 27. The molecule has 0 aliphatic carbocycles. The topological polar surface area (TPSA) is 26.3 Å². The number of carbonyl (C=O) groups is 1. The molecule has 0 aliphatic heterocycles. The number of unbranched alkanes of at least 4 members (excludes halogenated alkanes) is 17. The fourth-order valence-electron chi connectivity index (χ4n) is 4.57. The Morgan fingerprint density at radius 3 is 1.67 bits per heavy atom. The number of carbonyl (C=O) groups excluding carboxylic acids is 1. The maximum Gasteiger partial charge on any atom is 0.330 e. The molecule has 0 radical (unpaired) electrons. The monoisotopic (exact) mass is 502 g/mol. The van der Waals surface area contributed by atoms with Crippen molar-refractivity contribution in [2.24, 2.45) is 0 Å². The molecule has 0 fully saturated rings. The summed E-state index contributed by atoms with van der Waals surface area (Å²) in [7, 11) is 0. The number of allylic oxidation sites excluding steroid dienone is 5. The van der Waals surface area contributed by atoms with E-state index in [0.29, 0.717) is 6.61 Å². The van der Waals surface area contributed by atoms with E-state index in [1.807, 2.05) is 0 Å². The Kier molecular flexibility index (Phi) is 28.8. The van der Waals surface area contributed by atoms with Gasteiger partial charge in [0.2, 0.25) is 0 Å². The van der Waals surface area contributed by atoms with Crippen molar-refractivity contribution >= 4 is 5.97 Å².